The summed E-state index contributed by atoms with van der Waals surface area (Å²) in [6.07, 6.45) is 1.30. The summed E-state index contributed by atoms with van der Waals surface area (Å²) in [4.78, 5) is 13.8. The maximum atomic E-state index is 10.6. The third-order valence-corrected chi connectivity index (χ3v) is 1.54. The fourth-order valence-corrected chi connectivity index (χ4v) is 0.957. The van der Waals surface area contributed by atoms with Crippen LogP contribution in [-0.2, 0) is 0 Å². The number of aromatic nitrogens is 1. The number of nitro groups is 1. The van der Waals surface area contributed by atoms with E-state index in [2.05, 4.69) is 10.3 Å². The highest BCUT2D eigenvalue weighted by Crippen LogP contribution is 2.21. The summed E-state index contributed by atoms with van der Waals surface area (Å²) < 4.78 is 0. The number of rotatable bonds is 3. The number of nitrogens with one attached hydrogen (secondary N) is 1. The van der Waals surface area contributed by atoms with Crippen molar-refractivity contribution < 1.29 is 4.92 Å². The molecule has 0 saturated heterocycles. The van der Waals surface area contributed by atoms with Gasteiger partial charge in [0.15, 0.2) is 0 Å². The van der Waals surface area contributed by atoms with Crippen molar-refractivity contribution in [3.63, 3.8) is 0 Å². The Labute approximate surface area is 80.3 Å². The van der Waals surface area contributed by atoms with Gasteiger partial charge in [0.25, 0.3) is 0 Å². The lowest BCUT2D eigenvalue weighted by Gasteiger charge is -2.02. The summed E-state index contributed by atoms with van der Waals surface area (Å²) in [6, 6.07) is 3.00. The highest BCUT2D eigenvalue weighted by molar-refractivity contribution is 5.58. The van der Waals surface area contributed by atoms with Crippen molar-refractivity contribution in [3.8, 4) is 6.07 Å². The van der Waals surface area contributed by atoms with Gasteiger partial charge in [-0.15, -0.1) is 0 Å². The minimum Gasteiger partial charge on any atom is -0.365 e. The molecule has 14 heavy (non-hydrogen) atoms. The van der Waals surface area contributed by atoms with Crippen LogP contribution in [0.3, 0.4) is 0 Å². The van der Waals surface area contributed by atoms with E-state index in [0.717, 1.165) is 0 Å². The number of hydrogen-bond donors (Lipinski definition) is 1. The molecule has 0 aromatic carbocycles. The smallest absolute Gasteiger partial charge is 0.312 e. The Morgan fingerprint density at radius 2 is 2.50 bits per heavy atom. The Kier molecular flexibility index (Phi) is 2.97. The van der Waals surface area contributed by atoms with E-state index in [1.807, 2.05) is 6.92 Å². The molecule has 0 amide bonds. The van der Waals surface area contributed by atoms with E-state index >= 15 is 0 Å². The van der Waals surface area contributed by atoms with E-state index in [-0.39, 0.29) is 17.1 Å². The predicted molar refractivity (Wildman–Crippen MR) is 49.8 cm³/mol. The first-order chi connectivity index (χ1) is 6.69. The molecule has 0 fully saturated rings. The minimum absolute atomic E-state index is 0.175. The summed E-state index contributed by atoms with van der Waals surface area (Å²) in [5.41, 5.74) is 0.00394. The molecule has 0 saturated carbocycles. The lowest BCUT2D eigenvalue weighted by Crippen LogP contribution is -2.03. The minimum atomic E-state index is -0.564. The lowest BCUT2D eigenvalue weighted by atomic mass is 10.3. The molecule has 1 N–H and O–H groups in total. The molecule has 0 aliphatic rings. The summed E-state index contributed by atoms with van der Waals surface area (Å²) in [5, 5.41) is 21.9. The molecular weight excluding hydrogens is 184 g/mol. The summed E-state index contributed by atoms with van der Waals surface area (Å²) in [7, 11) is 0. The maximum absolute atomic E-state index is 10.6. The number of nitriles is 1. The lowest BCUT2D eigenvalue weighted by molar-refractivity contribution is -0.384. The monoisotopic (exact) mass is 192 g/mol. The molecule has 72 valence electrons. The van der Waals surface area contributed by atoms with Crippen LogP contribution < -0.4 is 5.32 Å². The van der Waals surface area contributed by atoms with Crippen molar-refractivity contribution in [2.24, 2.45) is 0 Å². The van der Waals surface area contributed by atoms with Crippen molar-refractivity contribution in [3.05, 3.63) is 27.9 Å². The van der Waals surface area contributed by atoms with E-state index in [1.165, 1.54) is 12.3 Å². The summed E-state index contributed by atoms with van der Waals surface area (Å²) >= 11 is 0. The van der Waals surface area contributed by atoms with Crippen LogP contribution in [0.1, 0.15) is 12.5 Å². The predicted octanol–water partition coefficient (Wildman–Crippen LogP) is 1.29. The van der Waals surface area contributed by atoms with Gasteiger partial charge in [0, 0.05) is 18.8 Å². The zero-order chi connectivity index (χ0) is 10.6. The molecule has 1 rings (SSSR count). The van der Waals surface area contributed by atoms with Crippen LogP contribution >= 0.6 is 0 Å². The van der Waals surface area contributed by atoms with Gasteiger partial charge in [0.2, 0.25) is 5.82 Å². The van der Waals surface area contributed by atoms with Gasteiger partial charge >= 0.3 is 5.69 Å². The summed E-state index contributed by atoms with van der Waals surface area (Å²) in [6.45, 7) is 2.35. The standard InChI is InChI=1S/C8H8N4O2/c1-2-10-8-7(12(13)14)3-6(4-9)5-11-8/h3,5H,2H2,1H3,(H,10,11). The zero-order valence-corrected chi connectivity index (χ0v) is 7.52. The summed E-state index contributed by atoms with van der Waals surface area (Å²) in [5.74, 6) is 0.191. The van der Waals surface area contributed by atoms with Crippen LogP contribution in [-0.4, -0.2) is 16.5 Å². The molecule has 0 radical (unpaired) electrons. The molecule has 0 aliphatic heterocycles. The second-order valence-corrected chi connectivity index (χ2v) is 2.49. The highest BCUT2D eigenvalue weighted by atomic mass is 16.6. The van der Waals surface area contributed by atoms with Gasteiger partial charge in [-0.1, -0.05) is 0 Å². The molecule has 1 heterocycles. The number of pyridine rings is 1. The molecule has 0 aliphatic carbocycles. The SMILES string of the molecule is CCNc1ncc(C#N)cc1[N+](=O)[O-]. The fraction of sp³-hybridized carbons (Fsp3) is 0.250. The van der Waals surface area contributed by atoms with Crippen LogP contribution in [0.5, 0.6) is 0 Å². The Morgan fingerprint density at radius 3 is 3.00 bits per heavy atom. The third-order valence-electron chi connectivity index (χ3n) is 1.54. The zero-order valence-electron chi connectivity index (χ0n) is 7.52. The van der Waals surface area contributed by atoms with E-state index in [1.54, 1.807) is 6.07 Å². The Morgan fingerprint density at radius 1 is 1.79 bits per heavy atom. The van der Waals surface area contributed by atoms with Crippen LogP contribution in [0.2, 0.25) is 0 Å². The first-order valence-electron chi connectivity index (χ1n) is 3.97. The highest BCUT2D eigenvalue weighted by Gasteiger charge is 2.15. The van der Waals surface area contributed by atoms with Crippen LogP contribution in [0.25, 0.3) is 0 Å². The van der Waals surface area contributed by atoms with Crippen LogP contribution in [0.15, 0.2) is 12.3 Å². The van der Waals surface area contributed by atoms with Gasteiger partial charge < -0.3 is 5.32 Å². The Bertz CT molecular complexity index is 397. The molecule has 1 aromatic heterocycles. The largest absolute Gasteiger partial charge is 0.365 e. The molecule has 0 spiro atoms. The number of hydrogen-bond acceptors (Lipinski definition) is 5. The van der Waals surface area contributed by atoms with Crippen molar-refractivity contribution in [2.45, 2.75) is 6.92 Å². The molecule has 6 heteroatoms. The molecule has 6 nitrogen and oxygen atoms in total. The molecule has 0 unspecified atom stereocenters. The second kappa shape index (κ2) is 4.18. The van der Waals surface area contributed by atoms with Gasteiger partial charge in [-0.3, -0.25) is 10.1 Å². The van der Waals surface area contributed by atoms with Crippen molar-refractivity contribution in [2.75, 3.05) is 11.9 Å². The van der Waals surface area contributed by atoms with Gasteiger partial charge in [0.1, 0.15) is 6.07 Å². The molecule has 0 bridgehead atoms. The molecular formula is C8H8N4O2. The average Bonchev–Trinajstić information content (AvgIpc) is 2.18. The first-order valence-corrected chi connectivity index (χ1v) is 3.97. The van der Waals surface area contributed by atoms with Gasteiger partial charge in [-0.25, -0.2) is 4.98 Å². The van der Waals surface area contributed by atoms with Gasteiger partial charge in [-0.2, -0.15) is 5.26 Å². The average molecular weight is 192 g/mol. The van der Waals surface area contributed by atoms with E-state index in [9.17, 15) is 10.1 Å². The number of nitrogens with zero attached hydrogens (tertiary/aromatic N) is 3. The molecule has 1 aromatic rings. The van der Waals surface area contributed by atoms with Crippen molar-refractivity contribution >= 4 is 11.5 Å². The van der Waals surface area contributed by atoms with E-state index < -0.39 is 4.92 Å². The topological polar surface area (TPSA) is 91.8 Å². The van der Waals surface area contributed by atoms with Crippen LogP contribution in [0.4, 0.5) is 11.5 Å². The fourth-order valence-electron chi connectivity index (χ4n) is 0.957. The van der Waals surface area contributed by atoms with Crippen molar-refractivity contribution in [1.29, 1.82) is 5.26 Å². The second-order valence-electron chi connectivity index (χ2n) is 2.49. The Hall–Kier alpha value is -2.16. The van der Waals surface area contributed by atoms with Gasteiger partial charge in [-0.05, 0) is 6.92 Å². The van der Waals surface area contributed by atoms with Crippen molar-refractivity contribution in [1.82, 2.24) is 4.98 Å². The van der Waals surface area contributed by atoms with E-state index in [4.69, 9.17) is 5.26 Å². The quantitative estimate of drug-likeness (QED) is 0.575. The van der Waals surface area contributed by atoms with E-state index in [0.29, 0.717) is 6.54 Å². The first kappa shape index (κ1) is 9.92. The maximum Gasteiger partial charge on any atom is 0.312 e. The third kappa shape index (κ3) is 1.95. The number of anilines is 1. The normalized spacial score (nSPS) is 9.14. The molecule has 0 atom stereocenters. The van der Waals surface area contributed by atoms with Gasteiger partial charge in [0.05, 0.1) is 10.5 Å². The van der Waals surface area contributed by atoms with Crippen LogP contribution in [0, 0.1) is 21.4 Å². The Balaban J connectivity index is 3.18.